The Labute approximate surface area is 181 Å². The number of aryl methyl sites for hydroxylation is 1. The van der Waals surface area contributed by atoms with Gasteiger partial charge in [0.2, 0.25) is 5.91 Å². The molecule has 0 bridgehead atoms. The van der Waals surface area contributed by atoms with Crippen molar-refractivity contribution < 1.29 is 9.53 Å². The van der Waals surface area contributed by atoms with E-state index in [0.29, 0.717) is 0 Å². The first-order chi connectivity index (χ1) is 14.7. The number of amides is 1. The van der Waals surface area contributed by atoms with Crippen molar-refractivity contribution in [3.8, 4) is 17.1 Å². The van der Waals surface area contributed by atoms with Crippen LogP contribution in [0.4, 0.5) is 0 Å². The third kappa shape index (κ3) is 4.84. The average Bonchev–Trinajstić information content (AvgIpc) is 3.08. The fourth-order valence-corrected chi connectivity index (χ4v) is 4.69. The van der Waals surface area contributed by atoms with Crippen molar-refractivity contribution in [1.29, 1.82) is 0 Å². The molecule has 1 fully saturated rings. The molecule has 6 nitrogen and oxygen atoms in total. The van der Waals surface area contributed by atoms with Crippen molar-refractivity contribution in [1.82, 2.24) is 20.1 Å². The Morgan fingerprint density at radius 2 is 1.90 bits per heavy atom. The fourth-order valence-electron chi connectivity index (χ4n) is 3.57. The van der Waals surface area contributed by atoms with Crippen LogP contribution in [0.1, 0.15) is 24.8 Å². The summed E-state index contributed by atoms with van der Waals surface area (Å²) in [6.45, 7) is 1.50. The molecule has 1 aliphatic heterocycles. The number of nitrogens with zero attached hydrogens (tertiary/aromatic N) is 3. The van der Waals surface area contributed by atoms with Crippen LogP contribution < -0.4 is 10.1 Å². The molecule has 1 unspecified atom stereocenters. The molecule has 0 saturated carbocycles. The number of rotatable bonds is 7. The van der Waals surface area contributed by atoms with Gasteiger partial charge in [0.15, 0.2) is 11.0 Å². The van der Waals surface area contributed by atoms with E-state index >= 15 is 0 Å². The van der Waals surface area contributed by atoms with Crippen molar-refractivity contribution in [3.63, 3.8) is 0 Å². The number of hydrogen-bond acceptors (Lipinski definition) is 5. The molecule has 0 spiro atoms. The number of aromatic nitrogens is 3. The Morgan fingerprint density at radius 1 is 1.10 bits per heavy atom. The molecule has 1 aliphatic rings. The lowest BCUT2D eigenvalue weighted by atomic mass is 10.1. The van der Waals surface area contributed by atoms with Crippen molar-refractivity contribution in [2.75, 3.05) is 13.7 Å². The number of methoxy groups -OCH3 is 1. The van der Waals surface area contributed by atoms with E-state index in [1.54, 1.807) is 7.11 Å². The quantitative estimate of drug-likeness (QED) is 0.624. The Kier molecular flexibility index (Phi) is 6.69. The van der Waals surface area contributed by atoms with E-state index in [0.717, 1.165) is 61.1 Å². The summed E-state index contributed by atoms with van der Waals surface area (Å²) in [4.78, 5) is 12.5. The van der Waals surface area contributed by atoms with Crippen molar-refractivity contribution in [3.05, 3.63) is 60.2 Å². The highest BCUT2D eigenvalue weighted by molar-refractivity contribution is 8.00. The van der Waals surface area contributed by atoms with Crippen molar-refractivity contribution >= 4 is 17.7 Å². The first-order valence-electron chi connectivity index (χ1n) is 10.3. The van der Waals surface area contributed by atoms with Crippen LogP contribution in [-0.4, -0.2) is 39.6 Å². The largest absolute Gasteiger partial charge is 0.497 e. The summed E-state index contributed by atoms with van der Waals surface area (Å²) in [7, 11) is 1.66. The maximum atomic E-state index is 12.5. The van der Waals surface area contributed by atoms with Crippen LogP contribution in [-0.2, 0) is 17.8 Å². The van der Waals surface area contributed by atoms with Crippen LogP contribution in [0, 0.1) is 0 Å². The molecule has 1 amide bonds. The van der Waals surface area contributed by atoms with E-state index in [1.807, 2.05) is 30.3 Å². The topological polar surface area (TPSA) is 69.0 Å². The molecule has 1 atom stereocenters. The second-order valence-corrected chi connectivity index (χ2v) is 8.49. The molecular weight excluding hydrogens is 396 g/mol. The van der Waals surface area contributed by atoms with Crippen molar-refractivity contribution in [2.24, 2.45) is 0 Å². The normalized spacial score (nSPS) is 16.7. The molecule has 4 rings (SSSR count). The van der Waals surface area contributed by atoms with Crippen LogP contribution in [0.15, 0.2) is 59.8 Å². The minimum absolute atomic E-state index is 0.0982. The fraction of sp³-hybridized carbons (Fsp3) is 0.348. The predicted octanol–water partition coefficient (Wildman–Crippen LogP) is 3.96. The van der Waals surface area contributed by atoms with Gasteiger partial charge >= 0.3 is 0 Å². The number of hydrogen-bond donors (Lipinski definition) is 1. The number of nitrogens with one attached hydrogen (secondary N) is 1. The molecule has 0 aliphatic carbocycles. The second kappa shape index (κ2) is 9.80. The van der Waals surface area contributed by atoms with E-state index in [2.05, 4.69) is 44.3 Å². The van der Waals surface area contributed by atoms with E-state index in [9.17, 15) is 4.79 Å². The molecule has 2 aromatic carbocycles. The second-order valence-electron chi connectivity index (χ2n) is 7.32. The van der Waals surface area contributed by atoms with Gasteiger partial charge in [-0.25, -0.2) is 0 Å². The van der Waals surface area contributed by atoms with Gasteiger partial charge in [0.1, 0.15) is 5.75 Å². The zero-order chi connectivity index (χ0) is 20.8. The smallest absolute Gasteiger partial charge is 0.233 e. The molecule has 1 aromatic heterocycles. The zero-order valence-corrected chi connectivity index (χ0v) is 17.9. The Balaban J connectivity index is 1.62. The molecule has 156 valence electrons. The van der Waals surface area contributed by atoms with Gasteiger partial charge in [-0.2, -0.15) is 0 Å². The van der Waals surface area contributed by atoms with Gasteiger partial charge in [-0.05, 0) is 49.1 Å². The molecule has 1 saturated heterocycles. The minimum Gasteiger partial charge on any atom is -0.497 e. The maximum absolute atomic E-state index is 12.5. The number of benzene rings is 2. The highest BCUT2D eigenvalue weighted by atomic mass is 32.2. The van der Waals surface area contributed by atoms with Crippen LogP contribution in [0.25, 0.3) is 11.4 Å². The van der Waals surface area contributed by atoms with Crippen LogP contribution >= 0.6 is 11.8 Å². The summed E-state index contributed by atoms with van der Waals surface area (Å²) in [5, 5.41) is 12.6. The van der Waals surface area contributed by atoms with Crippen LogP contribution in [0.3, 0.4) is 0 Å². The van der Waals surface area contributed by atoms with E-state index < -0.39 is 0 Å². The zero-order valence-electron chi connectivity index (χ0n) is 17.1. The highest BCUT2D eigenvalue weighted by Crippen LogP contribution is 2.31. The first-order valence-corrected chi connectivity index (χ1v) is 11.2. The average molecular weight is 423 g/mol. The van der Waals surface area contributed by atoms with Gasteiger partial charge in [-0.1, -0.05) is 48.5 Å². The van der Waals surface area contributed by atoms with Gasteiger partial charge in [-0.15, -0.1) is 10.2 Å². The Hall–Kier alpha value is -2.80. The number of carbonyl (C=O) groups is 1. The SMILES string of the molecule is COc1ccc(-c2nnc(SC3CCCCNC3=O)n2CCc2ccccc2)cc1. The molecular formula is C23H26N4O2S. The lowest BCUT2D eigenvalue weighted by Gasteiger charge is -2.15. The molecule has 30 heavy (non-hydrogen) atoms. The predicted molar refractivity (Wildman–Crippen MR) is 119 cm³/mol. The van der Waals surface area contributed by atoms with Gasteiger partial charge in [-0.3, -0.25) is 4.79 Å². The molecule has 7 heteroatoms. The molecule has 3 aromatic rings. The van der Waals surface area contributed by atoms with Crippen LogP contribution in [0.5, 0.6) is 5.75 Å². The highest BCUT2D eigenvalue weighted by Gasteiger charge is 2.25. The summed E-state index contributed by atoms with van der Waals surface area (Å²) < 4.78 is 7.42. The summed E-state index contributed by atoms with van der Waals surface area (Å²) >= 11 is 1.52. The molecule has 0 radical (unpaired) electrons. The van der Waals surface area contributed by atoms with Gasteiger partial charge in [0, 0.05) is 18.7 Å². The first kappa shape index (κ1) is 20.5. The number of carbonyl (C=O) groups excluding carboxylic acids is 1. The third-order valence-corrected chi connectivity index (χ3v) is 6.51. The van der Waals surface area contributed by atoms with Crippen LogP contribution in [0.2, 0.25) is 0 Å². The van der Waals surface area contributed by atoms with E-state index in [4.69, 9.17) is 4.74 Å². The summed E-state index contributed by atoms with van der Waals surface area (Å²) in [5.41, 5.74) is 2.24. The monoisotopic (exact) mass is 422 g/mol. The third-order valence-electron chi connectivity index (χ3n) is 5.26. The lowest BCUT2D eigenvalue weighted by Crippen LogP contribution is -2.30. The van der Waals surface area contributed by atoms with Gasteiger partial charge in [0.05, 0.1) is 12.4 Å². The summed E-state index contributed by atoms with van der Waals surface area (Å²) in [6.07, 6.45) is 3.80. The van der Waals surface area contributed by atoms with Gasteiger partial charge < -0.3 is 14.6 Å². The maximum Gasteiger partial charge on any atom is 0.233 e. The van der Waals surface area contributed by atoms with E-state index in [-0.39, 0.29) is 11.2 Å². The summed E-state index contributed by atoms with van der Waals surface area (Å²) in [5.74, 6) is 1.71. The van der Waals surface area contributed by atoms with Crippen molar-refractivity contribution in [2.45, 2.75) is 42.6 Å². The minimum atomic E-state index is -0.129. The number of ether oxygens (including phenoxy) is 1. The molecule has 1 N–H and O–H groups in total. The summed E-state index contributed by atoms with van der Waals surface area (Å²) in [6, 6.07) is 18.2. The van der Waals surface area contributed by atoms with E-state index in [1.165, 1.54) is 17.3 Å². The van der Waals surface area contributed by atoms with Gasteiger partial charge in [0.25, 0.3) is 0 Å². The standard InChI is InChI=1S/C23H26N4O2S/c1-29-19-12-10-18(11-13-19)21-25-26-23(30-20-9-5-6-15-24-22(20)28)27(21)16-14-17-7-3-2-4-8-17/h2-4,7-8,10-13,20H,5-6,9,14-16H2,1H3,(H,24,28). The Bertz CT molecular complexity index is 973. The number of thioether (sulfide) groups is 1. The Morgan fingerprint density at radius 3 is 2.67 bits per heavy atom. The molecule has 2 heterocycles. The lowest BCUT2D eigenvalue weighted by molar-refractivity contribution is -0.120.